The molecular formula is C19H20N2O2. The molecule has 0 radical (unpaired) electrons. The van der Waals surface area contributed by atoms with E-state index >= 15 is 0 Å². The van der Waals surface area contributed by atoms with Crippen molar-refractivity contribution in [2.24, 2.45) is 0 Å². The molecule has 1 fully saturated rings. The summed E-state index contributed by atoms with van der Waals surface area (Å²) >= 11 is 0. The molecular weight excluding hydrogens is 288 g/mol. The molecule has 0 N–H and O–H groups in total. The zero-order valence-corrected chi connectivity index (χ0v) is 13.2. The normalized spacial score (nSPS) is 15.4. The fraction of sp³-hybridized carbons (Fsp3) is 0.263. The maximum Gasteiger partial charge on any atom is 0.254 e. The number of anilines is 1. The molecule has 0 aromatic heterocycles. The first kappa shape index (κ1) is 15.3. The van der Waals surface area contributed by atoms with Gasteiger partial charge >= 0.3 is 0 Å². The molecule has 0 spiro atoms. The van der Waals surface area contributed by atoms with Gasteiger partial charge in [0.1, 0.15) is 6.54 Å². The van der Waals surface area contributed by atoms with Gasteiger partial charge in [0.2, 0.25) is 5.91 Å². The zero-order valence-electron chi connectivity index (χ0n) is 13.2. The van der Waals surface area contributed by atoms with Gasteiger partial charge in [0, 0.05) is 24.3 Å². The Bertz CT molecular complexity index is 712. The van der Waals surface area contributed by atoms with Crippen LogP contribution in [0.15, 0.2) is 54.6 Å². The molecule has 1 aliphatic rings. The van der Waals surface area contributed by atoms with Crippen LogP contribution >= 0.6 is 0 Å². The maximum absolute atomic E-state index is 12.7. The number of hydrogen-bond acceptors (Lipinski definition) is 2. The van der Waals surface area contributed by atoms with Gasteiger partial charge in [-0.3, -0.25) is 9.59 Å². The number of aryl methyl sites for hydroxylation is 1. The van der Waals surface area contributed by atoms with Crippen LogP contribution in [0.2, 0.25) is 0 Å². The van der Waals surface area contributed by atoms with Crippen molar-refractivity contribution < 1.29 is 9.59 Å². The van der Waals surface area contributed by atoms with Crippen molar-refractivity contribution in [1.82, 2.24) is 4.90 Å². The van der Waals surface area contributed by atoms with Crippen LogP contribution in [-0.4, -0.2) is 36.3 Å². The highest BCUT2D eigenvalue weighted by Gasteiger charge is 2.26. The Kier molecular flexibility index (Phi) is 4.42. The van der Waals surface area contributed by atoms with Crippen molar-refractivity contribution in [2.75, 3.05) is 24.5 Å². The molecule has 1 saturated heterocycles. The summed E-state index contributed by atoms with van der Waals surface area (Å²) in [6, 6.07) is 17.1. The number of amides is 2. The first-order chi connectivity index (χ1) is 11.2. The van der Waals surface area contributed by atoms with Crippen molar-refractivity contribution in [1.29, 1.82) is 0 Å². The van der Waals surface area contributed by atoms with Gasteiger partial charge in [-0.1, -0.05) is 36.4 Å². The van der Waals surface area contributed by atoms with Gasteiger partial charge in [-0.2, -0.15) is 0 Å². The largest absolute Gasteiger partial charge is 0.329 e. The van der Waals surface area contributed by atoms with Crippen LogP contribution < -0.4 is 4.90 Å². The SMILES string of the molecule is Cc1ccccc1C(=O)N1CCCN(c2ccccc2)C(=O)C1. The number of carbonyl (C=O) groups excluding carboxylic acids is 2. The molecule has 0 aliphatic carbocycles. The van der Waals surface area contributed by atoms with E-state index in [1.54, 1.807) is 9.80 Å². The second-order valence-corrected chi connectivity index (χ2v) is 5.78. The quantitative estimate of drug-likeness (QED) is 0.856. The molecule has 4 heteroatoms. The summed E-state index contributed by atoms with van der Waals surface area (Å²) in [5.41, 5.74) is 2.50. The minimum atomic E-state index is -0.0636. The van der Waals surface area contributed by atoms with E-state index in [2.05, 4.69) is 0 Å². The van der Waals surface area contributed by atoms with Crippen LogP contribution in [0.5, 0.6) is 0 Å². The van der Waals surface area contributed by atoms with Crippen molar-refractivity contribution in [3.05, 3.63) is 65.7 Å². The first-order valence-electron chi connectivity index (χ1n) is 7.87. The highest BCUT2D eigenvalue weighted by atomic mass is 16.2. The fourth-order valence-electron chi connectivity index (χ4n) is 2.91. The first-order valence-corrected chi connectivity index (χ1v) is 7.87. The Balaban J connectivity index is 1.79. The van der Waals surface area contributed by atoms with Crippen molar-refractivity contribution in [3.63, 3.8) is 0 Å². The molecule has 2 amide bonds. The van der Waals surface area contributed by atoms with E-state index < -0.39 is 0 Å². The van der Waals surface area contributed by atoms with Gasteiger partial charge in [0.15, 0.2) is 0 Å². The number of hydrogen-bond donors (Lipinski definition) is 0. The molecule has 2 aromatic carbocycles. The van der Waals surface area contributed by atoms with E-state index in [4.69, 9.17) is 0 Å². The summed E-state index contributed by atoms with van der Waals surface area (Å²) in [4.78, 5) is 28.7. The Morgan fingerprint density at radius 3 is 2.39 bits per heavy atom. The number of nitrogens with zero attached hydrogens (tertiary/aromatic N) is 2. The molecule has 23 heavy (non-hydrogen) atoms. The molecule has 0 unspecified atom stereocenters. The van der Waals surface area contributed by atoms with Gasteiger partial charge in [0.25, 0.3) is 5.91 Å². The van der Waals surface area contributed by atoms with Crippen LogP contribution in [0.1, 0.15) is 22.3 Å². The van der Waals surface area contributed by atoms with Gasteiger partial charge in [0.05, 0.1) is 0 Å². The van der Waals surface area contributed by atoms with Crippen molar-refractivity contribution >= 4 is 17.5 Å². The number of carbonyl (C=O) groups is 2. The molecule has 118 valence electrons. The lowest BCUT2D eigenvalue weighted by Gasteiger charge is -2.22. The van der Waals surface area contributed by atoms with E-state index in [-0.39, 0.29) is 18.4 Å². The summed E-state index contributed by atoms with van der Waals surface area (Å²) in [5.74, 6) is -0.0954. The van der Waals surface area contributed by atoms with Crippen LogP contribution in [0, 0.1) is 6.92 Å². The molecule has 0 bridgehead atoms. The Morgan fingerprint density at radius 1 is 0.957 bits per heavy atom. The molecule has 0 atom stereocenters. The Labute approximate surface area is 136 Å². The van der Waals surface area contributed by atoms with E-state index in [9.17, 15) is 9.59 Å². The van der Waals surface area contributed by atoms with Gasteiger partial charge in [-0.25, -0.2) is 0 Å². The van der Waals surface area contributed by atoms with Crippen LogP contribution in [0.3, 0.4) is 0 Å². The second kappa shape index (κ2) is 6.65. The van der Waals surface area contributed by atoms with Crippen LogP contribution in [0.4, 0.5) is 5.69 Å². The Hall–Kier alpha value is -2.62. The van der Waals surface area contributed by atoms with E-state index in [0.29, 0.717) is 18.7 Å². The molecule has 3 rings (SSSR count). The fourth-order valence-corrected chi connectivity index (χ4v) is 2.91. The molecule has 1 heterocycles. The van der Waals surface area contributed by atoms with Crippen molar-refractivity contribution in [2.45, 2.75) is 13.3 Å². The average molecular weight is 308 g/mol. The highest BCUT2D eigenvalue weighted by Crippen LogP contribution is 2.18. The van der Waals surface area contributed by atoms with E-state index in [1.165, 1.54) is 0 Å². The summed E-state index contributed by atoms with van der Waals surface area (Å²) < 4.78 is 0. The summed E-state index contributed by atoms with van der Waals surface area (Å²) in [6.45, 7) is 3.29. The number of para-hydroxylation sites is 1. The Morgan fingerprint density at radius 2 is 1.65 bits per heavy atom. The summed E-state index contributed by atoms with van der Waals surface area (Å²) in [7, 11) is 0. The van der Waals surface area contributed by atoms with Crippen molar-refractivity contribution in [3.8, 4) is 0 Å². The van der Waals surface area contributed by atoms with Crippen LogP contribution in [0.25, 0.3) is 0 Å². The minimum absolute atomic E-state index is 0.0318. The van der Waals surface area contributed by atoms with Crippen LogP contribution in [-0.2, 0) is 4.79 Å². The molecule has 0 saturated carbocycles. The third kappa shape index (κ3) is 3.26. The maximum atomic E-state index is 12.7. The molecule has 1 aliphatic heterocycles. The highest BCUT2D eigenvalue weighted by molar-refractivity contribution is 6.01. The van der Waals surface area contributed by atoms with E-state index in [1.807, 2.05) is 61.5 Å². The predicted octanol–water partition coefficient (Wildman–Crippen LogP) is 2.87. The minimum Gasteiger partial charge on any atom is -0.329 e. The second-order valence-electron chi connectivity index (χ2n) is 5.78. The summed E-state index contributed by atoms with van der Waals surface area (Å²) in [5, 5.41) is 0. The lowest BCUT2D eigenvalue weighted by atomic mass is 10.1. The van der Waals surface area contributed by atoms with E-state index in [0.717, 1.165) is 17.7 Å². The van der Waals surface area contributed by atoms with Gasteiger partial charge in [-0.15, -0.1) is 0 Å². The molecule has 4 nitrogen and oxygen atoms in total. The smallest absolute Gasteiger partial charge is 0.254 e. The predicted molar refractivity (Wildman–Crippen MR) is 90.5 cm³/mol. The third-order valence-corrected chi connectivity index (χ3v) is 4.17. The lowest BCUT2D eigenvalue weighted by Crippen LogP contribution is -2.39. The summed E-state index contributed by atoms with van der Waals surface area (Å²) in [6.07, 6.45) is 0.776. The number of benzene rings is 2. The molecule has 2 aromatic rings. The topological polar surface area (TPSA) is 40.6 Å². The standard InChI is InChI=1S/C19H20N2O2/c1-15-8-5-6-11-17(15)19(23)20-12-7-13-21(18(22)14-20)16-9-3-2-4-10-16/h2-6,8-11H,7,12-14H2,1H3. The lowest BCUT2D eigenvalue weighted by molar-refractivity contribution is -0.118. The third-order valence-electron chi connectivity index (χ3n) is 4.17. The van der Waals surface area contributed by atoms with Gasteiger partial charge in [-0.05, 0) is 37.1 Å². The zero-order chi connectivity index (χ0) is 16.2. The monoisotopic (exact) mass is 308 g/mol. The van der Waals surface area contributed by atoms with Gasteiger partial charge < -0.3 is 9.80 Å². The number of rotatable bonds is 2. The average Bonchev–Trinajstić information content (AvgIpc) is 2.77.